The van der Waals surface area contributed by atoms with Gasteiger partial charge in [0.1, 0.15) is 115 Å². The van der Waals surface area contributed by atoms with E-state index in [-0.39, 0.29) is 47.3 Å². The fourth-order valence-electron chi connectivity index (χ4n) is 17.7. The number of allylic oxidation sites excluding steroid dienone is 2. The number of ether oxygens (including phenoxy) is 12. The van der Waals surface area contributed by atoms with E-state index in [9.17, 15) is 86.6 Å². The Morgan fingerprint density at radius 1 is 0.645 bits per heavy atom. The Labute approximate surface area is 539 Å². The Kier molecular flexibility index (Phi) is 21.6. The number of hydrogen-bond acceptors (Lipinski definition) is 30. The first-order valence-electron chi connectivity index (χ1n) is 31.8. The van der Waals surface area contributed by atoms with Crippen LogP contribution in [0.2, 0.25) is 0 Å². The lowest BCUT2D eigenvalue weighted by atomic mass is 9.41. The van der Waals surface area contributed by atoms with Crippen LogP contribution in [0.1, 0.15) is 113 Å². The summed E-state index contributed by atoms with van der Waals surface area (Å²) in [6.45, 7) is 12.4. The van der Waals surface area contributed by atoms with Gasteiger partial charge in [0.25, 0.3) is 0 Å². The van der Waals surface area contributed by atoms with E-state index in [1.807, 2.05) is 34.6 Å². The molecule has 12 N–H and O–H groups in total. The lowest BCUT2D eigenvalue weighted by Gasteiger charge is -2.64. The molecule has 0 radical (unpaired) electrons. The summed E-state index contributed by atoms with van der Waals surface area (Å²) in [5.41, 5.74) is -2.14. The average Bonchev–Trinajstić information content (AvgIpc) is 1.53. The molecule has 0 aromatic rings. The SMILES string of the molecule is CO[C@@H]1[C@@H](O)[C@H](O[C@@H]2[C@@H](O)[C@H](O[C@H]3[C@H](O)[C@@H](O[C@@H]4O[C@H](CO)[C@@H](O)[C@H](O)[C@H]4O)[C@H](O[C@H]4[C@H](O[C@H]5CC[C@@]6(C)C(CC=C7[C@@H]6CC[C@]68C(=O)O[C@@](C)(CC(=O)CC(C)C)[C@H]6CC[C@@]78C)C5(C)C)OC[C@@H](OS(=O)(=O)O)[C@@H]4O)O[C@@H]3C)O[C@H](COS(=O)(=O)O)[C@H]2O)OC[C@H]1O. The number of carbonyl (C=O) groups excluding carboxylic acids is 2. The summed E-state index contributed by atoms with van der Waals surface area (Å²) in [7, 11) is -9.39. The molecule has 10 aliphatic rings. The molecule has 34 heteroatoms. The molecule has 534 valence electrons. The van der Waals surface area contributed by atoms with Crippen LogP contribution in [0.15, 0.2) is 11.6 Å². The monoisotopic (exact) mass is 1380 g/mol. The smallest absolute Gasteiger partial charge is 0.397 e. The van der Waals surface area contributed by atoms with Crippen molar-refractivity contribution in [1.29, 1.82) is 0 Å². The predicted molar refractivity (Wildman–Crippen MR) is 308 cm³/mol. The van der Waals surface area contributed by atoms with Crippen LogP contribution in [0.25, 0.3) is 0 Å². The molecule has 3 saturated carbocycles. The standard InChI is InChI=1S/C59H94O32S2/c1-24(2)18-26(61)19-58(8)34-13-16-57(7)28-10-11-33-55(4,5)35(14-15-56(33,6)27(28)12-17-59(34,57)54(71)90-58)85-52-47(38(65)32(22-80-52)91-93(75,76)77)89-53-48(88-50-40(67)39(66)36(63)30(20-60)83-50)41(68)44(25(3)82-53)86-51-43(70)46(37(64)31(84-51)23-81-92(72,73)74)87-49-42(69)45(78-9)29(62)21-79-49/h10,24-25,27,29-53,60,62-70H,11-23H2,1-9H3,(H,72,73,74)(H,75,76,77)/t25-,27+,29-,30-,31-,32-,33?,34-,35+,36-,37-,38+,39+,40-,41+,42-,43-,44-,45+,46+,47-,48-,49+,50+,51+,52+,53+,56-,57+,58+,59-/m1/s1. The summed E-state index contributed by atoms with van der Waals surface area (Å²) < 4.78 is 149. The van der Waals surface area contributed by atoms with Gasteiger partial charge < -0.3 is 108 Å². The molecule has 10 rings (SSSR count). The first kappa shape index (κ1) is 73.5. The Morgan fingerprint density at radius 3 is 1.92 bits per heavy atom. The van der Waals surface area contributed by atoms with E-state index in [1.165, 1.54) is 12.5 Å². The summed E-state index contributed by atoms with van der Waals surface area (Å²) in [6.07, 6.45) is -37.2. The molecule has 0 aromatic heterocycles. The Bertz CT molecular complexity index is 2920. The molecular formula is C59H94O32S2. The summed E-state index contributed by atoms with van der Waals surface area (Å²) >= 11 is 0. The maximum atomic E-state index is 14.5. The second-order valence-electron chi connectivity index (χ2n) is 28.7. The number of methoxy groups -OCH3 is 1. The molecule has 9 fully saturated rings. The van der Waals surface area contributed by atoms with Crippen LogP contribution in [0, 0.1) is 45.3 Å². The highest BCUT2D eigenvalue weighted by atomic mass is 32.3. The molecule has 0 amide bonds. The first-order chi connectivity index (χ1) is 43.3. The molecule has 93 heavy (non-hydrogen) atoms. The zero-order valence-corrected chi connectivity index (χ0v) is 54.9. The normalized spacial score (nSPS) is 49.2. The highest BCUT2D eigenvalue weighted by Crippen LogP contribution is 2.76. The Balaban J connectivity index is 0.926. The van der Waals surface area contributed by atoms with E-state index in [0.717, 1.165) is 20.0 Å². The average molecular weight is 1380 g/mol. The van der Waals surface area contributed by atoms with Gasteiger partial charge in [-0.05, 0) is 87.4 Å². The minimum atomic E-state index is -5.32. The zero-order chi connectivity index (χ0) is 68.2. The van der Waals surface area contributed by atoms with Crippen molar-refractivity contribution in [3.05, 3.63) is 11.6 Å². The minimum Gasteiger partial charge on any atom is -0.458 e. The predicted octanol–water partition coefficient (Wildman–Crippen LogP) is -2.01. The van der Waals surface area contributed by atoms with Gasteiger partial charge >= 0.3 is 26.8 Å². The number of cyclic esters (lactones) is 1. The molecule has 0 bridgehead atoms. The molecule has 0 aromatic carbocycles. The highest BCUT2D eigenvalue weighted by molar-refractivity contribution is 7.81. The molecule has 6 saturated heterocycles. The van der Waals surface area contributed by atoms with Crippen molar-refractivity contribution in [1.82, 2.24) is 0 Å². The van der Waals surface area contributed by atoms with Gasteiger partial charge in [0.15, 0.2) is 31.5 Å². The van der Waals surface area contributed by atoms with Crippen molar-refractivity contribution in [3.8, 4) is 0 Å². The lowest BCUT2D eigenvalue weighted by molar-refractivity contribution is -0.405. The lowest BCUT2D eigenvalue weighted by Crippen LogP contribution is -2.68. The van der Waals surface area contributed by atoms with Crippen molar-refractivity contribution in [3.63, 3.8) is 0 Å². The van der Waals surface area contributed by atoms with Crippen LogP contribution in [-0.4, -0.2) is 275 Å². The second-order valence-corrected chi connectivity index (χ2v) is 30.8. The van der Waals surface area contributed by atoms with Gasteiger partial charge in [-0.1, -0.05) is 53.2 Å². The third-order valence-corrected chi connectivity index (χ3v) is 23.2. The minimum absolute atomic E-state index is 0.0422. The van der Waals surface area contributed by atoms with Crippen LogP contribution in [0.3, 0.4) is 0 Å². The van der Waals surface area contributed by atoms with E-state index in [1.54, 1.807) is 0 Å². The molecule has 6 aliphatic heterocycles. The fraction of sp³-hybridized carbons (Fsp3) is 0.932. The van der Waals surface area contributed by atoms with Crippen LogP contribution < -0.4 is 0 Å². The van der Waals surface area contributed by atoms with Gasteiger partial charge in [-0.2, -0.15) is 16.8 Å². The number of esters is 1. The van der Waals surface area contributed by atoms with Crippen molar-refractivity contribution >= 4 is 32.6 Å². The van der Waals surface area contributed by atoms with Crippen LogP contribution in [-0.2, 0) is 95.6 Å². The van der Waals surface area contributed by atoms with Crippen LogP contribution in [0.4, 0.5) is 0 Å². The van der Waals surface area contributed by atoms with Crippen molar-refractivity contribution in [2.75, 3.05) is 33.5 Å². The van der Waals surface area contributed by atoms with Crippen molar-refractivity contribution in [2.45, 2.75) is 266 Å². The largest absolute Gasteiger partial charge is 0.458 e. The molecule has 6 heterocycles. The van der Waals surface area contributed by atoms with E-state index in [0.29, 0.717) is 38.5 Å². The maximum Gasteiger partial charge on any atom is 0.397 e. The van der Waals surface area contributed by atoms with E-state index in [4.69, 9.17) is 61.0 Å². The number of aliphatic hydroxyl groups excluding tert-OH is 10. The summed E-state index contributed by atoms with van der Waals surface area (Å²) in [4.78, 5) is 27.9. The number of rotatable bonds is 21. The number of carbonyl (C=O) groups is 2. The molecular weight excluding hydrogens is 1280 g/mol. The number of hydrogen-bond donors (Lipinski definition) is 12. The maximum absolute atomic E-state index is 14.5. The number of Topliss-reactive ketones (excluding diaryl/α,β-unsaturated/α-hetero) is 1. The summed E-state index contributed by atoms with van der Waals surface area (Å²) in [5.74, 6) is -0.212. The van der Waals surface area contributed by atoms with Crippen molar-refractivity contribution < 1.29 is 152 Å². The van der Waals surface area contributed by atoms with Crippen LogP contribution >= 0.6 is 0 Å². The van der Waals surface area contributed by atoms with Crippen LogP contribution in [0.5, 0.6) is 0 Å². The van der Waals surface area contributed by atoms with Gasteiger partial charge in [-0.25, -0.2) is 8.37 Å². The van der Waals surface area contributed by atoms with Gasteiger partial charge in [0.2, 0.25) is 0 Å². The molecule has 4 aliphatic carbocycles. The fourth-order valence-corrected chi connectivity index (χ4v) is 18.5. The first-order valence-corrected chi connectivity index (χ1v) is 34.5. The highest BCUT2D eigenvalue weighted by Gasteiger charge is 2.76. The molecule has 1 spiro atoms. The summed E-state index contributed by atoms with van der Waals surface area (Å²) in [6, 6.07) is 0. The second kappa shape index (κ2) is 27.4. The molecule has 31 atom stereocenters. The van der Waals surface area contributed by atoms with Gasteiger partial charge in [-0.15, -0.1) is 0 Å². The third-order valence-electron chi connectivity index (χ3n) is 22.2. The Morgan fingerprint density at radius 2 is 1.27 bits per heavy atom. The quantitative estimate of drug-likeness (QED) is 0.0336. The number of fused-ring (bicyclic) bond motifs is 4. The van der Waals surface area contributed by atoms with Gasteiger partial charge in [-0.3, -0.25) is 18.7 Å². The third kappa shape index (κ3) is 13.7. The summed E-state index contributed by atoms with van der Waals surface area (Å²) in [5, 5.41) is 112. The zero-order valence-electron chi connectivity index (χ0n) is 53.3. The topological polar surface area (TPSA) is 474 Å². The van der Waals surface area contributed by atoms with E-state index < -0.39 is 216 Å². The van der Waals surface area contributed by atoms with Crippen molar-refractivity contribution in [2.24, 2.45) is 45.3 Å². The molecule has 1 unspecified atom stereocenters. The van der Waals surface area contributed by atoms with Gasteiger partial charge in [0.05, 0.1) is 44.1 Å². The number of aliphatic hydroxyl groups is 10. The molecule has 32 nitrogen and oxygen atoms in total. The van der Waals surface area contributed by atoms with E-state index >= 15 is 0 Å². The van der Waals surface area contributed by atoms with E-state index in [2.05, 4.69) is 24.1 Å². The van der Waals surface area contributed by atoms with Gasteiger partial charge in [0, 0.05) is 31.3 Å². The number of ketones is 1. The Hall–Kier alpha value is -2.22.